The largest absolute Gasteiger partial charge is 0.370 e. The summed E-state index contributed by atoms with van der Waals surface area (Å²) >= 11 is 0. The average Bonchev–Trinajstić information content (AvgIpc) is 3.15. The van der Waals surface area contributed by atoms with Gasteiger partial charge in [0.25, 0.3) is 0 Å². The first-order valence-electron chi connectivity index (χ1n) is 14.3. The molecule has 0 aliphatic carbocycles. The van der Waals surface area contributed by atoms with Gasteiger partial charge in [0, 0.05) is 44.2 Å². The second kappa shape index (κ2) is 15.5. The highest BCUT2D eigenvalue weighted by molar-refractivity contribution is 5.91. The maximum absolute atomic E-state index is 13.9. The van der Waals surface area contributed by atoms with E-state index in [9.17, 15) is 14.0 Å². The summed E-state index contributed by atoms with van der Waals surface area (Å²) in [6.45, 7) is 1.94. The molecule has 0 unspecified atom stereocenters. The fourth-order valence-corrected chi connectivity index (χ4v) is 5.18. The second-order valence-electron chi connectivity index (χ2n) is 10.5. The Balaban J connectivity index is 1.45. The molecule has 2 atom stereocenters. The van der Waals surface area contributed by atoms with Gasteiger partial charge >= 0.3 is 0 Å². The zero-order valence-electron chi connectivity index (χ0n) is 23.6. The number of rotatable bonds is 12. The van der Waals surface area contributed by atoms with Crippen molar-refractivity contribution in [3.63, 3.8) is 0 Å². The third-order valence-corrected chi connectivity index (χ3v) is 7.41. The lowest BCUT2D eigenvalue weighted by Gasteiger charge is -2.29. The van der Waals surface area contributed by atoms with Crippen LogP contribution in [-0.2, 0) is 9.59 Å². The fraction of sp³-hybridized carbons (Fsp3) is 0.303. The maximum atomic E-state index is 13.9. The summed E-state index contributed by atoms with van der Waals surface area (Å²) in [4.78, 5) is 28.4. The van der Waals surface area contributed by atoms with Crippen LogP contribution in [0.1, 0.15) is 41.9 Å². The van der Waals surface area contributed by atoms with Crippen molar-refractivity contribution >= 4 is 23.8 Å². The Hall–Kier alpha value is -4.50. The van der Waals surface area contributed by atoms with E-state index in [0.717, 1.165) is 16.7 Å². The zero-order chi connectivity index (χ0) is 29.7. The van der Waals surface area contributed by atoms with Gasteiger partial charge in [-0.15, -0.1) is 0 Å². The summed E-state index contributed by atoms with van der Waals surface area (Å²) in [6.07, 6.45) is 4.95. The van der Waals surface area contributed by atoms with Crippen LogP contribution in [0.25, 0.3) is 6.08 Å². The average molecular weight is 571 g/mol. The van der Waals surface area contributed by atoms with Crippen molar-refractivity contribution in [2.45, 2.75) is 37.3 Å². The van der Waals surface area contributed by atoms with Crippen LogP contribution in [0.5, 0.6) is 0 Å². The predicted molar refractivity (Wildman–Crippen MR) is 164 cm³/mol. The summed E-state index contributed by atoms with van der Waals surface area (Å²) in [5.74, 6) is -0.641. The lowest BCUT2D eigenvalue weighted by atomic mass is 9.90. The predicted octanol–water partition coefficient (Wildman–Crippen LogP) is 3.61. The number of nitrogens with zero attached hydrogens (tertiary/aromatic N) is 1. The molecule has 1 fully saturated rings. The second-order valence-corrected chi connectivity index (χ2v) is 10.5. The van der Waals surface area contributed by atoms with Crippen LogP contribution in [-0.4, -0.2) is 60.9 Å². The van der Waals surface area contributed by atoms with Crippen molar-refractivity contribution in [3.05, 3.63) is 114 Å². The van der Waals surface area contributed by atoms with Gasteiger partial charge in [-0.3, -0.25) is 15.0 Å². The Labute approximate surface area is 246 Å². The van der Waals surface area contributed by atoms with Gasteiger partial charge in [0.1, 0.15) is 5.82 Å². The topological polar surface area (TPSA) is 123 Å². The fourth-order valence-electron chi connectivity index (χ4n) is 5.18. The molecule has 0 bridgehead atoms. The van der Waals surface area contributed by atoms with Crippen molar-refractivity contribution in [1.29, 1.82) is 5.41 Å². The molecule has 4 rings (SSSR count). The molecule has 8 nitrogen and oxygen atoms in total. The van der Waals surface area contributed by atoms with E-state index in [4.69, 9.17) is 11.1 Å². The Morgan fingerprint density at radius 2 is 1.67 bits per heavy atom. The van der Waals surface area contributed by atoms with Gasteiger partial charge in [-0.25, -0.2) is 4.39 Å². The number of carbonyl (C=O) groups is 2. The molecular weight excluding hydrogens is 531 g/mol. The molecule has 42 heavy (non-hydrogen) atoms. The number of amides is 2. The van der Waals surface area contributed by atoms with Crippen molar-refractivity contribution in [2.75, 3.05) is 26.2 Å². The quantitative estimate of drug-likeness (QED) is 0.0986. The molecule has 0 saturated carbocycles. The number of nitrogens with two attached hydrogens (primary N) is 1. The van der Waals surface area contributed by atoms with E-state index < -0.39 is 6.04 Å². The minimum Gasteiger partial charge on any atom is -0.370 e. The number of halogens is 1. The first kappa shape index (κ1) is 30.5. The smallest absolute Gasteiger partial charge is 0.244 e. The molecule has 220 valence electrons. The van der Waals surface area contributed by atoms with Crippen molar-refractivity contribution < 1.29 is 14.0 Å². The SMILES string of the molecule is N=C(N)NCCC[C@@H]1N[C@H](CNC(=O)/C=C/c2ccc(F)cc2)CCN(CC(c2ccccc2)c2ccccc2)C1=O. The Morgan fingerprint density at radius 3 is 2.29 bits per heavy atom. The third kappa shape index (κ3) is 9.27. The summed E-state index contributed by atoms with van der Waals surface area (Å²) < 4.78 is 13.2. The normalized spacial score (nSPS) is 17.3. The molecule has 3 aromatic carbocycles. The number of guanidine groups is 1. The van der Waals surface area contributed by atoms with Gasteiger partial charge in [-0.05, 0) is 54.2 Å². The van der Waals surface area contributed by atoms with E-state index in [1.165, 1.54) is 18.2 Å². The Kier molecular flexibility index (Phi) is 11.2. The summed E-state index contributed by atoms with van der Waals surface area (Å²) in [7, 11) is 0. The van der Waals surface area contributed by atoms with E-state index in [-0.39, 0.29) is 35.6 Å². The minimum atomic E-state index is -0.440. The van der Waals surface area contributed by atoms with Gasteiger partial charge in [0.2, 0.25) is 11.8 Å². The molecule has 1 saturated heterocycles. The lowest BCUT2D eigenvalue weighted by Crippen LogP contribution is -2.49. The van der Waals surface area contributed by atoms with E-state index in [1.54, 1.807) is 18.2 Å². The monoisotopic (exact) mass is 570 g/mol. The van der Waals surface area contributed by atoms with Gasteiger partial charge in [-0.1, -0.05) is 72.8 Å². The maximum Gasteiger partial charge on any atom is 0.244 e. The molecule has 1 aliphatic heterocycles. The number of benzene rings is 3. The zero-order valence-corrected chi connectivity index (χ0v) is 23.6. The van der Waals surface area contributed by atoms with Crippen LogP contribution in [0.3, 0.4) is 0 Å². The summed E-state index contributed by atoms with van der Waals surface area (Å²) in [5.41, 5.74) is 8.45. The standard InChI is InChI=1S/C33H39FN6O2/c34-27-16-13-24(14-17-27)15-18-31(41)38-22-28-19-21-40(32(42)30(39-28)12-7-20-37-33(35)36)23-29(25-8-3-1-4-9-25)26-10-5-2-6-11-26/h1-6,8-11,13-18,28-30,39H,7,12,19-23H2,(H,38,41)(H4,35,36,37)/b18-15+/t28-,30-/m0/s1. The minimum absolute atomic E-state index is 0.0178. The van der Waals surface area contributed by atoms with E-state index in [0.29, 0.717) is 45.4 Å². The third-order valence-electron chi connectivity index (χ3n) is 7.41. The number of hydrogen-bond donors (Lipinski definition) is 5. The van der Waals surface area contributed by atoms with Crippen LogP contribution >= 0.6 is 0 Å². The van der Waals surface area contributed by atoms with Crippen LogP contribution in [0.15, 0.2) is 91.0 Å². The molecule has 0 aromatic heterocycles. The van der Waals surface area contributed by atoms with E-state index in [2.05, 4.69) is 40.2 Å². The molecule has 2 amide bonds. The van der Waals surface area contributed by atoms with Crippen LogP contribution in [0.2, 0.25) is 0 Å². The van der Waals surface area contributed by atoms with Crippen molar-refractivity contribution in [3.8, 4) is 0 Å². The van der Waals surface area contributed by atoms with E-state index >= 15 is 0 Å². The molecular formula is C33H39FN6O2. The number of nitrogens with one attached hydrogen (secondary N) is 4. The van der Waals surface area contributed by atoms with Gasteiger partial charge in [0.15, 0.2) is 5.96 Å². The van der Waals surface area contributed by atoms with Crippen LogP contribution < -0.4 is 21.7 Å². The van der Waals surface area contributed by atoms with Gasteiger partial charge in [-0.2, -0.15) is 0 Å². The highest BCUT2D eigenvalue weighted by Crippen LogP contribution is 2.27. The number of carbonyl (C=O) groups excluding carboxylic acids is 2. The summed E-state index contributed by atoms with van der Waals surface area (Å²) in [6, 6.07) is 25.8. The molecule has 1 heterocycles. The van der Waals surface area contributed by atoms with Gasteiger partial charge in [0.05, 0.1) is 6.04 Å². The highest BCUT2D eigenvalue weighted by Gasteiger charge is 2.32. The summed E-state index contributed by atoms with van der Waals surface area (Å²) in [5, 5.41) is 16.6. The molecule has 3 aromatic rings. The van der Waals surface area contributed by atoms with Crippen LogP contribution in [0, 0.1) is 11.2 Å². The molecule has 9 heteroatoms. The van der Waals surface area contributed by atoms with Crippen LogP contribution in [0.4, 0.5) is 4.39 Å². The first-order chi connectivity index (χ1) is 20.4. The first-order valence-corrected chi connectivity index (χ1v) is 14.3. The number of hydrogen-bond acceptors (Lipinski definition) is 4. The molecule has 0 radical (unpaired) electrons. The molecule has 6 N–H and O–H groups in total. The van der Waals surface area contributed by atoms with Crippen molar-refractivity contribution in [1.82, 2.24) is 20.9 Å². The Bertz CT molecular complexity index is 1290. The lowest BCUT2D eigenvalue weighted by molar-refractivity contribution is -0.133. The molecule has 1 aliphatic rings. The Morgan fingerprint density at radius 1 is 1.02 bits per heavy atom. The highest BCUT2D eigenvalue weighted by atomic mass is 19.1. The van der Waals surface area contributed by atoms with Gasteiger partial charge < -0.3 is 26.6 Å². The van der Waals surface area contributed by atoms with Crippen molar-refractivity contribution in [2.24, 2.45) is 5.73 Å². The van der Waals surface area contributed by atoms with E-state index in [1.807, 2.05) is 41.3 Å². The molecule has 0 spiro atoms.